The summed E-state index contributed by atoms with van der Waals surface area (Å²) in [6, 6.07) is 18.4. The fourth-order valence-corrected chi connectivity index (χ4v) is 4.03. The van der Waals surface area contributed by atoms with Crippen molar-refractivity contribution >= 4 is 61.3 Å². The molecule has 5 aromatic rings. The second-order valence-corrected chi connectivity index (χ2v) is 6.12. The molecule has 21 heavy (non-hydrogen) atoms. The highest BCUT2D eigenvalue weighted by Gasteiger charge is 2.19. The highest BCUT2D eigenvalue weighted by molar-refractivity contribution is 6.41. The molecule has 0 aliphatic carbocycles. The van der Waals surface area contributed by atoms with Crippen LogP contribution < -0.4 is 0 Å². The van der Waals surface area contributed by atoms with Gasteiger partial charge >= 0.3 is 0 Å². The largest absolute Gasteiger partial charge is 0.308 e. The van der Waals surface area contributed by atoms with Gasteiger partial charge in [0.1, 0.15) is 0 Å². The summed E-state index contributed by atoms with van der Waals surface area (Å²) < 4.78 is 2.27. The molecule has 0 unspecified atom stereocenters. The minimum absolute atomic E-state index is 0.791. The number of hydrogen-bond donors (Lipinski definition) is 0. The van der Waals surface area contributed by atoms with Gasteiger partial charge in [-0.2, -0.15) is 0 Å². The van der Waals surface area contributed by atoms with Crippen molar-refractivity contribution in [3.63, 3.8) is 0 Å². The number of hydrogen-bond acceptors (Lipinski definition) is 0. The number of benzene rings is 3. The van der Waals surface area contributed by atoms with Gasteiger partial charge in [-0.25, -0.2) is 0 Å². The molecule has 2 aromatic heterocycles. The highest BCUT2D eigenvalue weighted by Crippen LogP contribution is 2.42. The Labute approximate surface area is 130 Å². The van der Waals surface area contributed by atoms with Crippen LogP contribution in [0.1, 0.15) is 0 Å². The first kappa shape index (κ1) is 11.7. The zero-order chi connectivity index (χ0) is 14.1. The lowest BCUT2D eigenvalue weighted by Gasteiger charge is -1.99. The van der Waals surface area contributed by atoms with Crippen LogP contribution in [0, 0.1) is 0 Å². The number of rotatable bonds is 0. The second-order valence-electron chi connectivity index (χ2n) is 5.31. The molecule has 0 aliphatic heterocycles. The molecule has 0 bridgehead atoms. The van der Waals surface area contributed by atoms with Gasteiger partial charge in [-0.15, -0.1) is 0 Å². The molecule has 0 radical (unpaired) electrons. The highest BCUT2D eigenvalue weighted by atomic mass is 35.5. The van der Waals surface area contributed by atoms with Gasteiger partial charge in [0.15, 0.2) is 0 Å². The van der Waals surface area contributed by atoms with Crippen molar-refractivity contribution < 1.29 is 0 Å². The Morgan fingerprint density at radius 2 is 1.10 bits per heavy atom. The molecular formula is C18H9Cl2N. The van der Waals surface area contributed by atoms with Crippen molar-refractivity contribution in [1.29, 1.82) is 0 Å². The molecule has 0 amide bonds. The van der Waals surface area contributed by atoms with E-state index < -0.39 is 0 Å². The van der Waals surface area contributed by atoms with Gasteiger partial charge < -0.3 is 4.40 Å². The van der Waals surface area contributed by atoms with Crippen LogP contribution >= 0.6 is 23.2 Å². The molecule has 0 spiro atoms. The third kappa shape index (κ3) is 1.29. The average Bonchev–Trinajstić information content (AvgIpc) is 3.00. The summed E-state index contributed by atoms with van der Waals surface area (Å²) in [6.45, 7) is 0. The lowest BCUT2D eigenvalue weighted by atomic mass is 10.1. The van der Waals surface area contributed by atoms with Gasteiger partial charge in [0.25, 0.3) is 0 Å². The lowest BCUT2D eigenvalue weighted by molar-refractivity contribution is 1.37. The lowest BCUT2D eigenvalue weighted by Crippen LogP contribution is -1.80. The maximum atomic E-state index is 6.44. The Balaban J connectivity index is 2.30. The van der Waals surface area contributed by atoms with Crippen LogP contribution in [-0.4, -0.2) is 4.40 Å². The smallest absolute Gasteiger partial charge is 0.0621 e. The summed E-state index contributed by atoms with van der Waals surface area (Å²) in [4.78, 5) is 0. The van der Waals surface area contributed by atoms with Crippen LogP contribution in [0.15, 0.2) is 54.6 Å². The van der Waals surface area contributed by atoms with E-state index in [-0.39, 0.29) is 0 Å². The Morgan fingerprint density at radius 1 is 0.619 bits per heavy atom. The summed E-state index contributed by atoms with van der Waals surface area (Å²) in [7, 11) is 0. The minimum atomic E-state index is 0.791. The third-order valence-electron chi connectivity index (χ3n) is 4.26. The zero-order valence-corrected chi connectivity index (χ0v) is 12.4. The quantitative estimate of drug-likeness (QED) is 0.323. The van der Waals surface area contributed by atoms with E-state index in [2.05, 4.69) is 34.7 Å². The molecule has 0 aliphatic rings. The van der Waals surface area contributed by atoms with Crippen molar-refractivity contribution in [1.82, 2.24) is 4.40 Å². The Bertz CT molecular complexity index is 1070. The van der Waals surface area contributed by atoms with Crippen LogP contribution in [0.3, 0.4) is 0 Å². The minimum Gasteiger partial charge on any atom is -0.308 e. The summed E-state index contributed by atoms with van der Waals surface area (Å²) in [5.41, 5.74) is 3.46. The molecule has 1 nitrogen and oxygen atoms in total. The first-order valence-corrected chi connectivity index (χ1v) is 7.54. The predicted molar refractivity (Wildman–Crippen MR) is 91.1 cm³/mol. The van der Waals surface area contributed by atoms with Gasteiger partial charge in [0.2, 0.25) is 0 Å². The molecule has 100 valence electrons. The summed E-state index contributed by atoms with van der Waals surface area (Å²) >= 11 is 12.9. The van der Waals surface area contributed by atoms with Crippen LogP contribution in [0.25, 0.3) is 38.1 Å². The molecule has 5 rings (SSSR count). The van der Waals surface area contributed by atoms with Crippen molar-refractivity contribution in [3.05, 3.63) is 64.6 Å². The molecule has 2 heterocycles. The molecular weight excluding hydrogens is 301 g/mol. The second kappa shape index (κ2) is 3.82. The number of nitrogens with zero attached hydrogens (tertiary/aromatic N) is 1. The molecule has 0 saturated heterocycles. The van der Waals surface area contributed by atoms with E-state index in [1.54, 1.807) is 0 Å². The zero-order valence-electron chi connectivity index (χ0n) is 10.9. The Hall–Kier alpha value is -1.96. The first-order valence-electron chi connectivity index (χ1n) is 6.78. The van der Waals surface area contributed by atoms with Gasteiger partial charge in [0, 0.05) is 21.5 Å². The van der Waals surface area contributed by atoms with Gasteiger partial charge in [-0.05, 0) is 24.3 Å². The van der Waals surface area contributed by atoms with Gasteiger partial charge in [-0.1, -0.05) is 53.5 Å². The van der Waals surface area contributed by atoms with Gasteiger partial charge in [0.05, 0.1) is 26.6 Å². The SMILES string of the molecule is Clc1cccc2c1c1cccc3c4c(Cl)cccc4n2c13. The standard InChI is InChI=1S/C18H9Cl2N/c19-12-6-2-8-14-16(12)10-4-1-5-11-17-13(20)7-3-9-15(17)21(14)18(10)11/h1-9H. The topological polar surface area (TPSA) is 4.41 Å². The molecule has 3 heteroatoms. The average molecular weight is 310 g/mol. The number of aromatic nitrogens is 1. The maximum absolute atomic E-state index is 6.44. The van der Waals surface area contributed by atoms with Crippen molar-refractivity contribution in [2.24, 2.45) is 0 Å². The van der Waals surface area contributed by atoms with Crippen LogP contribution in [0.4, 0.5) is 0 Å². The monoisotopic (exact) mass is 309 g/mol. The van der Waals surface area contributed by atoms with Crippen LogP contribution in [0.5, 0.6) is 0 Å². The van der Waals surface area contributed by atoms with Crippen molar-refractivity contribution in [3.8, 4) is 0 Å². The number of fused-ring (bicyclic) bond motifs is 6. The maximum Gasteiger partial charge on any atom is 0.0621 e. The van der Waals surface area contributed by atoms with Crippen LogP contribution in [-0.2, 0) is 0 Å². The van der Waals surface area contributed by atoms with E-state index in [4.69, 9.17) is 23.2 Å². The fraction of sp³-hybridized carbons (Fsp3) is 0. The normalized spacial score (nSPS) is 12.3. The molecule has 0 fully saturated rings. The summed E-state index contributed by atoms with van der Waals surface area (Å²) in [6.07, 6.45) is 0. The van der Waals surface area contributed by atoms with E-state index in [9.17, 15) is 0 Å². The fourth-order valence-electron chi connectivity index (χ4n) is 3.49. The van der Waals surface area contributed by atoms with Gasteiger partial charge in [-0.3, -0.25) is 0 Å². The van der Waals surface area contributed by atoms with E-state index in [1.165, 1.54) is 16.3 Å². The number of halogens is 2. The third-order valence-corrected chi connectivity index (χ3v) is 4.89. The predicted octanol–water partition coefficient (Wildman–Crippen LogP) is 6.14. The number of para-hydroxylation sites is 1. The summed E-state index contributed by atoms with van der Waals surface area (Å²) in [5.74, 6) is 0. The van der Waals surface area contributed by atoms with E-state index in [0.29, 0.717) is 0 Å². The first-order chi connectivity index (χ1) is 10.3. The van der Waals surface area contributed by atoms with Crippen molar-refractivity contribution in [2.45, 2.75) is 0 Å². The summed E-state index contributed by atoms with van der Waals surface area (Å²) in [5, 5.41) is 6.17. The van der Waals surface area contributed by atoms with Crippen LogP contribution in [0.2, 0.25) is 10.0 Å². The molecule has 0 atom stereocenters. The Morgan fingerprint density at radius 3 is 1.62 bits per heavy atom. The Kier molecular flexibility index (Phi) is 2.12. The van der Waals surface area contributed by atoms with E-state index in [0.717, 1.165) is 31.9 Å². The molecule has 0 N–H and O–H groups in total. The molecule has 3 aromatic carbocycles. The van der Waals surface area contributed by atoms with Crippen molar-refractivity contribution in [2.75, 3.05) is 0 Å². The van der Waals surface area contributed by atoms with E-state index >= 15 is 0 Å². The van der Waals surface area contributed by atoms with E-state index in [1.807, 2.05) is 24.3 Å². The molecule has 0 saturated carbocycles.